The third-order valence-electron chi connectivity index (χ3n) is 3.06. The molecule has 0 radical (unpaired) electrons. The first kappa shape index (κ1) is 14.9. The Morgan fingerprint density at radius 3 is 2.48 bits per heavy atom. The van der Waals surface area contributed by atoms with Gasteiger partial charge in [-0.3, -0.25) is 4.79 Å². The van der Waals surface area contributed by atoms with Crippen LogP contribution in [0, 0.1) is 0 Å². The van der Waals surface area contributed by atoms with Crippen molar-refractivity contribution in [1.82, 2.24) is 0 Å². The van der Waals surface area contributed by atoms with E-state index in [4.69, 9.17) is 15.2 Å². The number of benzene rings is 2. The third kappa shape index (κ3) is 3.54. The molecule has 0 saturated carbocycles. The average molecular weight is 285 g/mol. The van der Waals surface area contributed by atoms with Gasteiger partial charge in [0.1, 0.15) is 11.5 Å². The van der Waals surface area contributed by atoms with Crippen LogP contribution in [-0.2, 0) is 0 Å². The number of nitrogens with two attached hydrogens (primary N) is 1. The van der Waals surface area contributed by atoms with Gasteiger partial charge in [-0.15, -0.1) is 0 Å². The number of carbonyl (C=O) groups is 1. The SMILES string of the molecule is CCCOc1ccc(OC)c(C(=O)c2ccc(N)cc2)c1. The quantitative estimate of drug-likeness (QED) is 0.653. The lowest BCUT2D eigenvalue weighted by Crippen LogP contribution is -2.05. The molecule has 2 N–H and O–H groups in total. The van der Waals surface area contributed by atoms with Crippen LogP contribution in [0.25, 0.3) is 0 Å². The minimum absolute atomic E-state index is 0.117. The van der Waals surface area contributed by atoms with Gasteiger partial charge < -0.3 is 15.2 Å². The molecule has 21 heavy (non-hydrogen) atoms. The summed E-state index contributed by atoms with van der Waals surface area (Å²) in [5.41, 5.74) is 7.32. The van der Waals surface area contributed by atoms with Gasteiger partial charge in [0.15, 0.2) is 5.78 Å². The average Bonchev–Trinajstić information content (AvgIpc) is 2.52. The molecule has 0 aliphatic rings. The second kappa shape index (κ2) is 6.79. The van der Waals surface area contributed by atoms with Crippen molar-refractivity contribution in [2.45, 2.75) is 13.3 Å². The van der Waals surface area contributed by atoms with Crippen molar-refractivity contribution >= 4 is 11.5 Å². The summed E-state index contributed by atoms with van der Waals surface area (Å²) in [5.74, 6) is 1.07. The molecule has 0 heterocycles. The number of rotatable bonds is 6. The van der Waals surface area contributed by atoms with Crippen molar-refractivity contribution in [2.75, 3.05) is 19.5 Å². The summed E-state index contributed by atoms with van der Waals surface area (Å²) < 4.78 is 10.8. The zero-order valence-corrected chi connectivity index (χ0v) is 12.3. The summed E-state index contributed by atoms with van der Waals surface area (Å²) >= 11 is 0. The van der Waals surface area contributed by atoms with Crippen molar-refractivity contribution in [3.8, 4) is 11.5 Å². The van der Waals surface area contributed by atoms with Gasteiger partial charge in [-0.2, -0.15) is 0 Å². The Morgan fingerprint density at radius 2 is 1.86 bits per heavy atom. The number of ether oxygens (including phenoxy) is 2. The summed E-state index contributed by atoms with van der Waals surface area (Å²) in [7, 11) is 1.54. The van der Waals surface area contributed by atoms with Crippen LogP contribution in [0.3, 0.4) is 0 Å². The molecule has 0 unspecified atom stereocenters. The highest BCUT2D eigenvalue weighted by Crippen LogP contribution is 2.27. The number of carbonyl (C=O) groups excluding carboxylic acids is 1. The molecule has 110 valence electrons. The summed E-state index contributed by atoms with van der Waals surface area (Å²) in [6.07, 6.45) is 0.910. The minimum atomic E-state index is -0.117. The van der Waals surface area contributed by atoms with E-state index >= 15 is 0 Å². The monoisotopic (exact) mass is 285 g/mol. The molecule has 0 aromatic heterocycles. The third-order valence-corrected chi connectivity index (χ3v) is 3.06. The van der Waals surface area contributed by atoms with E-state index in [-0.39, 0.29) is 5.78 Å². The van der Waals surface area contributed by atoms with Crippen molar-refractivity contribution in [3.05, 3.63) is 53.6 Å². The van der Waals surface area contributed by atoms with Gasteiger partial charge in [-0.05, 0) is 48.9 Å². The first-order valence-corrected chi connectivity index (χ1v) is 6.86. The molecule has 0 amide bonds. The maximum absolute atomic E-state index is 12.6. The van der Waals surface area contributed by atoms with Crippen LogP contribution >= 0.6 is 0 Å². The molecule has 0 aliphatic heterocycles. The number of anilines is 1. The highest BCUT2D eigenvalue weighted by Gasteiger charge is 2.15. The number of nitrogen functional groups attached to an aromatic ring is 1. The normalized spacial score (nSPS) is 10.2. The first-order chi connectivity index (χ1) is 10.2. The number of ketones is 1. The summed E-state index contributed by atoms with van der Waals surface area (Å²) in [6.45, 7) is 2.64. The highest BCUT2D eigenvalue weighted by atomic mass is 16.5. The molecule has 2 rings (SSSR count). The zero-order chi connectivity index (χ0) is 15.2. The Kier molecular flexibility index (Phi) is 4.82. The highest BCUT2D eigenvalue weighted by molar-refractivity contribution is 6.11. The predicted octanol–water partition coefficient (Wildman–Crippen LogP) is 3.30. The van der Waals surface area contributed by atoms with Crippen LogP contribution in [0.4, 0.5) is 5.69 Å². The smallest absolute Gasteiger partial charge is 0.196 e. The minimum Gasteiger partial charge on any atom is -0.496 e. The lowest BCUT2D eigenvalue weighted by atomic mass is 10.0. The lowest BCUT2D eigenvalue weighted by Gasteiger charge is -2.11. The second-order valence-corrected chi connectivity index (χ2v) is 4.66. The molecule has 2 aromatic carbocycles. The van der Waals surface area contributed by atoms with Gasteiger partial charge in [0.05, 0.1) is 19.3 Å². The van der Waals surface area contributed by atoms with Gasteiger partial charge in [0.25, 0.3) is 0 Å². The van der Waals surface area contributed by atoms with Gasteiger partial charge >= 0.3 is 0 Å². The molecule has 0 bridgehead atoms. The van der Waals surface area contributed by atoms with Crippen LogP contribution in [-0.4, -0.2) is 19.5 Å². The lowest BCUT2D eigenvalue weighted by molar-refractivity contribution is 0.103. The Bertz CT molecular complexity index is 620. The van der Waals surface area contributed by atoms with Crippen LogP contribution in [0.5, 0.6) is 11.5 Å². The van der Waals surface area contributed by atoms with Crippen molar-refractivity contribution in [1.29, 1.82) is 0 Å². The van der Waals surface area contributed by atoms with E-state index in [9.17, 15) is 4.79 Å². The molecule has 0 fully saturated rings. The largest absolute Gasteiger partial charge is 0.496 e. The maximum Gasteiger partial charge on any atom is 0.196 e. The van der Waals surface area contributed by atoms with Gasteiger partial charge in [-0.1, -0.05) is 6.92 Å². The summed E-state index contributed by atoms with van der Waals surface area (Å²) in [5, 5.41) is 0. The van der Waals surface area contributed by atoms with E-state index in [1.165, 1.54) is 0 Å². The predicted molar refractivity (Wildman–Crippen MR) is 83.1 cm³/mol. The molecule has 0 spiro atoms. The molecule has 0 atom stereocenters. The number of hydrogen-bond donors (Lipinski definition) is 1. The van der Waals surface area contributed by atoms with E-state index in [1.54, 1.807) is 49.6 Å². The summed E-state index contributed by atoms with van der Waals surface area (Å²) in [6, 6.07) is 12.1. The maximum atomic E-state index is 12.6. The number of methoxy groups -OCH3 is 1. The molecular formula is C17H19NO3. The van der Waals surface area contributed by atoms with Crippen molar-refractivity contribution in [3.63, 3.8) is 0 Å². The Hall–Kier alpha value is -2.49. The topological polar surface area (TPSA) is 61.5 Å². The zero-order valence-electron chi connectivity index (χ0n) is 12.3. The van der Waals surface area contributed by atoms with E-state index in [1.807, 2.05) is 6.92 Å². The Balaban J connectivity index is 2.35. The Morgan fingerprint density at radius 1 is 1.14 bits per heavy atom. The van der Waals surface area contributed by atoms with Gasteiger partial charge in [-0.25, -0.2) is 0 Å². The second-order valence-electron chi connectivity index (χ2n) is 4.66. The molecule has 2 aromatic rings. The van der Waals surface area contributed by atoms with Crippen LogP contribution in [0.1, 0.15) is 29.3 Å². The molecule has 4 nitrogen and oxygen atoms in total. The van der Waals surface area contributed by atoms with Crippen LogP contribution < -0.4 is 15.2 Å². The fourth-order valence-electron chi connectivity index (χ4n) is 1.96. The van der Waals surface area contributed by atoms with Crippen molar-refractivity contribution in [2.24, 2.45) is 0 Å². The molecule has 0 saturated heterocycles. The van der Waals surface area contributed by atoms with Crippen LogP contribution in [0.15, 0.2) is 42.5 Å². The molecule has 0 aliphatic carbocycles. The standard InChI is InChI=1S/C17H19NO3/c1-3-10-21-14-8-9-16(20-2)15(11-14)17(19)12-4-6-13(18)7-5-12/h4-9,11H,3,10,18H2,1-2H3. The van der Waals surface area contributed by atoms with Gasteiger partial charge in [0, 0.05) is 11.3 Å². The van der Waals surface area contributed by atoms with E-state index in [0.717, 1.165) is 6.42 Å². The number of hydrogen-bond acceptors (Lipinski definition) is 4. The molecule has 4 heteroatoms. The van der Waals surface area contributed by atoms with E-state index < -0.39 is 0 Å². The Labute approximate surface area is 124 Å². The summed E-state index contributed by atoms with van der Waals surface area (Å²) in [4.78, 5) is 12.6. The molecular weight excluding hydrogens is 266 g/mol. The van der Waals surface area contributed by atoms with Crippen LogP contribution in [0.2, 0.25) is 0 Å². The fraction of sp³-hybridized carbons (Fsp3) is 0.235. The van der Waals surface area contributed by atoms with E-state index in [2.05, 4.69) is 0 Å². The first-order valence-electron chi connectivity index (χ1n) is 6.86. The van der Waals surface area contributed by atoms with Crippen molar-refractivity contribution < 1.29 is 14.3 Å². The van der Waals surface area contributed by atoms with Gasteiger partial charge in [0.2, 0.25) is 0 Å². The van der Waals surface area contributed by atoms with E-state index in [0.29, 0.717) is 34.9 Å². The fourth-order valence-corrected chi connectivity index (χ4v) is 1.96.